The molecule has 0 spiro atoms. The minimum absolute atomic E-state index is 0.235. The third-order valence-corrected chi connectivity index (χ3v) is 2.55. The SMILES string of the molecule is O=C(/C=C/c1cc(Br)cc(Br)c1)NC=S. The van der Waals surface area contributed by atoms with Crippen LogP contribution in [0.15, 0.2) is 33.2 Å². The third kappa shape index (κ3) is 4.68. The summed E-state index contributed by atoms with van der Waals surface area (Å²) in [5.41, 5.74) is 2.11. The van der Waals surface area contributed by atoms with Crippen LogP contribution in [0, 0.1) is 0 Å². The predicted molar refractivity (Wildman–Crippen MR) is 72.7 cm³/mol. The molecule has 0 aliphatic carbocycles. The highest BCUT2D eigenvalue weighted by Gasteiger charge is 1.95. The summed E-state index contributed by atoms with van der Waals surface area (Å²) in [6, 6.07) is 5.74. The lowest BCUT2D eigenvalue weighted by Crippen LogP contribution is -2.16. The van der Waals surface area contributed by atoms with Crippen molar-refractivity contribution in [1.29, 1.82) is 0 Å². The second-order valence-corrected chi connectivity index (χ2v) is 4.73. The van der Waals surface area contributed by atoms with Gasteiger partial charge in [0.25, 0.3) is 0 Å². The van der Waals surface area contributed by atoms with Crippen molar-refractivity contribution in [1.82, 2.24) is 5.32 Å². The molecule has 0 saturated heterocycles. The fourth-order valence-corrected chi connectivity index (χ4v) is 2.39. The third-order valence-electron chi connectivity index (χ3n) is 1.51. The Morgan fingerprint density at radius 3 is 2.40 bits per heavy atom. The number of amides is 1. The average molecular weight is 349 g/mol. The van der Waals surface area contributed by atoms with Crippen LogP contribution in [0.1, 0.15) is 5.56 Å². The number of hydrogen-bond acceptors (Lipinski definition) is 2. The second-order valence-electron chi connectivity index (χ2n) is 2.66. The number of nitrogens with one attached hydrogen (secondary N) is 1. The van der Waals surface area contributed by atoms with Crippen molar-refractivity contribution < 1.29 is 4.79 Å². The van der Waals surface area contributed by atoms with E-state index >= 15 is 0 Å². The summed E-state index contributed by atoms with van der Waals surface area (Å²) < 4.78 is 1.90. The Morgan fingerprint density at radius 1 is 1.27 bits per heavy atom. The van der Waals surface area contributed by atoms with Gasteiger partial charge in [-0.1, -0.05) is 44.1 Å². The standard InChI is InChI=1S/C10H7Br2NOS/c11-8-3-7(4-9(12)5-8)1-2-10(14)13-6-15/h1-6H,(H,13,14,15)/b2-1+. The molecule has 0 saturated carbocycles. The van der Waals surface area contributed by atoms with E-state index in [0.717, 1.165) is 14.5 Å². The van der Waals surface area contributed by atoms with E-state index in [-0.39, 0.29) is 5.91 Å². The Kier molecular flexibility index (Phi) is 5.14. The molecule has 0 heterocycles. The van der Waals surface area contributed by atoms with Crippen molar-refractivity contribution in [2.45, 2.75) is 0 Å². The van der Waals surface area contributed by atoms with Gasteiger partial charge in [-0.2, -0.15) is 0 Å². The molecule has 1 aromatic carbocycles. The molecule has 1 N–H and O–H groups in total. The molecule has 0 aliphatic heterocycles. The maximum absolute atomic E-state index is 11.1. The number of rotatable bonds is 3. The lowest BCUT2D eigenvalue weighted by molar-refractivity contribution is -0.115. The zero-order chi connectivity index (χ0) is 11.3. The first-order valence-electron chi connectivity index (χ1n) is 4.00. The van der Waals surface area contributed by atoms with E-state index < -0.39 is 0 Å². The number of benzene rings is 1. The Hall–Kier alpha value is -0.520. The molecule has 0 radical (unpaired) electrons. The van der Waals surface area contributed by atoms with Crippen molar-refractivity contribution in [3.8, 4) is 0 Å². The fraction of sp³-hybridized carbons (Fsp3) is 0. The maximum atomic E-state index is 11.1. The highest BCUT2D eigenvalue weighted by atomic mass is 79.9. The van der Waals surface area contributed by atoms with Gasteiger partial charge in [0.05, 0.1) is 5.49 Å². The molecule has 0 unspecified atom stereocenters. The minimum atomic E-state index is -0.235. The minimum Gasteiger partial charge on any atom is -0.319 e. The molecule has 15 heavy (non-hydrogen) atoms. The zero-order valence-electron chi connectivity index (χ0n) is 7.54. The zero-order valence-corrected chi connectivity index (χ0v) is 11.5. The second kappa shape index (κ2) is 6.15. The van der Waals surface area contributed by atoms with Gasteiger partial charge in [0.1, 0.15) is 0 Å². The van der Waals surface area contributed by atoms with Crippen molar-refractivity contribution in [2.75, 3.05) is 0 Å². The Morgan fingerprint density at radius 2 is 1.87 bits per heavy atom. The van der Waals surface area contributed by atoms with Crippen molar-refractivity contribution in [3.63, 3.8) is 0 Å². The lowest BCUT2D eigenvalue weighted by atomic mass is 10.2. The normalized spacial score (nSPS) is 10.3. The van der Waals surface area contributed by atoms with E-state index in [1.54, 1.807) is 6.08 Å². The molecule has 1 amide bonds. The highest BCUT2D eigenvalue weighted by Crippen LogP contribution is 2.20. The summed E-state index contributed by atoms with van der Waals surface area (Å²) in [5, 5.41) is 2.39. The summed E-state index contributed by atoms with van der Waals surface area (Å²) in [4.78, 5) is 11.1. The highest BCUT2D eigenvalue weighted by molar-refractivity contribution is 9.11. The fourth-order valence-electron chi connectivity index (χ4n) is 0.949. The molecule has 0 aliphatic rings. The lowest BCUT2D eigenvalue weighted by Gasteiger charge is -1.97. The van der Waals surface area contributed by atoms with Gasteiger partial charge in [-0.05, 0) is 29.8 Å². The number of carbonyl (C=O) groups is 1. The molecule has 2 nitrogen and oxygen atoms in total. The van der Waals surface area contributed by atoms with Gasteiger partial charge in [0.2, 0.25) is 5.91 Å². The topological polar surface area (TPSA) is 29.1 Å². The summed E-state index contributed by atoms with van der Waals surface area (Å²) >= 11 is 11.2. The van der Waals surface area contributed by atoms with E-state index in [0.29, 0.717) is 0 Å². The first kappa shape index (κ1) is 12.5. The monoisotopic (exact) mass is 347 g/mol. The van der Waals surface area contributed by atoms with E-state index in [4.69, 9.17) is 0 Å². The Bertz CT molecular complexity index is 398. The number of carbonyl (C=O) groups excluding carboxylic acids is 1. The summed E-state index contributed by atoms with van der Waals surface area (Å²) in [6.07, 6.45) is 3.14. The van der Waals surface area contributed by atoms with Crippen LogP contribution in [0.25, 0.3) is 6.08 Å². The first-order valence-corrected chi connectivity index (χ1v) is 6.06. The van der Waals surface area contributed by atoms with Crippen LogP contribution in [0.5, 0.6) is 0 Å². The number of hydrogen-bond donors (Lipinski definition) is 1. The molecule has 0 fully saturated rings. The van der Waals surface area contributed by atoms with Crippen LogP contribution in [0.4, 0.5) is 0 Å². The van der Waals surface area contributed by atoms with Crippen LogP contribution in [0.3, 0.4) is 0 Å². The largest absolute Gasteiger partial charge is 0.319 e. The molecular weight excluding hydrogens is 342 g/mol. The smallest absolute Gasteiger partial charge is 0.248 e. The van der Waals surface area contributed by atoms with Gasteiger partial charge in [-0.15, -0.1) is 0 Å². The van der Waals surface area contributed by atoms with Crippen LogP contribution in [0.2, 0.25) is 0 Å². The van der Waals surface area contributed by atoms with E-state index in [2.05, 4.69) is 49.4 Å². The molecular formula is C10H7Br2NOS. The van der Waals surface area contributed by atoms with E-state index in [1.807, 2.05) is 18.2 Å². The maximum Gasteiger partial charge on any atom is 0.248 e. The van der Waals surface area contributed by atoms with Gasteiger partial charge in [-0.25, -0.2) is 0 Å². The van der Waals surface area contributed by atoms with Gasteiger partial charge in [0.15, 0.2) is 0 Å². The van der Waals surface area contributed by atoms with Crippen molar-refractivity contribution >= 4 is 61.6 Å². The summed E-state index contributed by atoms with van der Waals surface area (Å²) in [6.45, 7) is 0. The number of thiocarbonyl (C=S) groups is 1. The molecule has 0 aromatic heterocycles. The summed E-state index contributed by atoms with van der Waals surface area (Å²) in [5.74, 6) is -0.235. The molecule has 0 bridgehead atoms. The Labute approximate surface area is 110 Å². The van der Waals surface area contributed by atoms with Crippen LogP contribution >= 0.6 is 44.1 Å². The van der Waals surface area contributed by atoms with Crippen LogP contribution in [-0.4, -0.2) is 11.4 Å². The predicted octanol–water partition coefficient (Wildman–Crippen LogP) is 3.30. The number of halogens is 2. The van der Waals surface area contributed by atoms with Gasteiger partial charge in [0, 0.05) is 15.0 Å². The Balaban J connectivity index is 2.80. The molecule has 78 valence electrons. The van der Waals surface area contributed by atoms with Gasteiger partial charge in [-0.3, -0.25) is 4.79 Å². The molecule has 5 heteroatoms. The molecule has 0 atom stereocenters. The average Bonchev–Trinajstić information content (AvgIpc) is 2.14. The van der Waals surface area contributed by atoms with Gasteiger partial charge < -0.3 is 5.32 Å². The van der Waals surface area contributed by atoms with Crippen molar-refractivity contribution in [2.24, 2.45) is 0 Å². The van der Waals surface area contributed by atoms with Gasteiger partial charge >= 0.3 is 0 Å². The van der Waals surface area contributed by atoms with E-state index in [9.17, 15) is 4.79 Å². The van der Waals surface area contributed by atoms with Crippen LogP contribution < -0.4 is 5.32 Å². The molecule has 1 rings (SSSR count). The summed E-state index contributed by atoms with van der Waals surface area (Å²) in [7, 11) is 0. The quantitative estimate of drug-likeness (QED) is 0.670. The van der Waals surface area contributed by atoms with E-state index in [1.165, 1.54) is 11.6 Å². The first-order chi connectivity index (χ1) is 7.11. The van der Waals surface area contributed by atoms with Crippen molar-refractivity contribution in [3.05, 3.63) is 38.8 Å². The molecule has 1 aromatic rings. The van der Waals surface area contributed by atoms with Crippen LogP contribution in [-0.2, 0) is 4.79 Å².